The van der Waals surface area contributed by atoms with Crippen LogP contribution in [0.15, 0.2) is 122 Å². The molecular formula is C71H118O6. The van der Waals surface area contributed by atoms with Gasteiger partial charge in [-0.25, -0.2) is 0 Å². The highest BCUT2D eigenvalue weighted by Gasteiger charge is 2.19. The average Bonchev–Trinajstić information content (AvgIpc) is 3.43. The predicted octanol–water partition coefficient (Wildman–Crippen LogP) is 22.0. The molecule has 0 fully saturated rings. The number of allylic oxidation sites excluding steroid dienone is 20. The number of carbonyl (C=O) groups is 3. The van der Waals surface area contributed by atoms with Crippen LogP contribution in [0.1, 0.15) is 290 Å². The Labute approximate surface area is 475 Å². The van der Waals surface area contributed by atoms with E-state index in [0.29, 0.717) is 19.3 Å². The quantitative estimate of drug-likeness (QED) is 0.0261. The van der Waals surface area contributed by atoms with E-state index in [9.17, 15) is 14.4 Å². The average molecular weight is 1070 g/mol. The smallest absolute Gasteiger partial charge is 0.306 e. The van der Waals surface area contributed by atoms with Gasteiger partial charge in [0, 0.05) is 19.3 Å². The number of ether oxygens (including phenoxy) is 3. The summed E-state index contributed by atoms with van der Waals surface area (Å²) in [6.07, 6.45) is 89.7. The highest BCUT2D eigenvalue weighted by molar-refractivity contribution is 5.71. The lowest BCUT2D eigenvalue weighted by atomic mass is 10.0. The van der Waals surface area contributed by atoms with Gasteiger partial charge < -0.3 is 14.2 Å². The summed E-state index contributed by atoms with van der Waals surface area (Å²) >= 11 is 0. The van der Waals surface area contributed by atoms with Crippen LogP contribution in [0.2, 0.25) is 0 Å². The lowest BCUT2D eigenvalue weighted by molar-refractivity contribution is -0.167. The molecule has 0 aromatic rings. The third-order valence-corrected chi connectivity index (χ3v) is 13.5. The standard InChI is InChI=1S/C71H118O6/c1-4-7-10-13-15-17-19-21-23-25-27-29-31-33-34-35-36-38-39-41-43-45-47-49-51-53-55-58-61-64-70(73)76-67-68(66-75-69(72)63-60-57-12-9-6-3)77-71(74)65-62-59-56-54-52-50-48-46-44-42-40-37-32-30-28-26-24-22-20-18-16-14-11-8-5-2/h7-8,10-11,15-18,21-24,27-30,33-34,36,38,68H,4-6,9,12-14,19-20,25-26,31-32,35,37,39-67H2,1-3H3/b10-7-,11-8-,17-15-,18-16-,23-21-,24-22-,29-27-,30-28-,34-33-,38-36-. The maximum absolute atomic E-state index is 12.8. The molecule has 0 aliphatic rings. The summed E-state index contributed by atoms with van der Waals surface area (Å²) < 4.78 is 16.8. The molecule has 0 aliphatic heterocycles. The van der Waals surface area contributed by atoms with E-state index in [1.807, 2.05) is 0 Å². The van der Waals surface area contributed by atoms with E-state index in [2.05, 4.69) is 142 Å². The first-order valence-corrected chi connectivity index (χ1v) is 32.0. The summed E-state index contributed by atoms with van der Waals surface area (Å²) in [6.45, 7) is 6.34. The van der Waals surface area contributed by atoms with Crippen LogP contribution >= 0.6 is 0 Å². The van der Waals surface area contributed by atoms with Crippen LogP contribution in [0.5, 0.6) is 0 Å². The molecule has 6 heteroatoms. The molecule has 0 aromatic heterocycles. The maximum atomic E-state index is 12.8. The van der Waals surface area contributed by atoms with Gasteiger partial charge in [-0.3, -0.25) is 14.4 Å². The van der Waals surface area contributed by atoms with Crippen LogP contribution in [0.3, 0.4) is 0 Å². The van der Waals surface area contributed by atoms with Gasteiger partial charge in [-0.2, -0.15) is 0 Å². The van der Waals surface area contributed by atoms with Gasteiger partial charge in [0.1, 0.15) is 13.2 Å². The molecule has 1 unspecified atom stereocenters. The zero-order valence-corrected chi connectivity index (χ0v) is 50.2. The molecule has 0 aromatic carbocycles. The van der Waals surface area contributed by atoms with E-state index in [4.69, 9.17) is 14.2 Å². The van der Waals surface area contributed by atoms with Crippen LogP contribution in [0.25, 0.3) is 0 Å². The van der Waals surface area contributed by atoms with Crippen molar-refractivity contribution in [2.24, 2.45) is 0 Å². The third kappa shape index (κ3) is 62.5. The van der Waals surface area contributed by atoms with Gasteiger partial charge >= 0.3 is 17.9 Å². The largest absolute Gasteiger partial charge is 0.462 e. The molecule has 0 bridgehead atoms. The minimum Gasteiger partial charge on any atom is -0.462 e. The SMILES string of the molecule is CC/C=C\C/C=C\C/C=C\C/C=C\C/C=C\C/C=C\CCCCCCCCCCCCC(=O)OCC(COC(=O)CCCCCCC)OC(=O)CCCCCCCCCCCCCC/C=C\C/C=C\C/C=C\C/C=C\CC. The van der Waals surface area contributed by atoms with Crippen molar-refractivity contribution in [2.75, 3.05) is 13.2 Å². The molecule has 0 saturated heterocycles. The first-order valence-electron chi connectivity index (χ1n) is 32.0. The topological polar surface area (TPSA) is 78.9 Å². The van der Waals surface area contributed by atoms with E-state index in [1.54, 1.807) is 0 Å². The Kier molecular flexibility index (Phi) is 60.8. The van der Waals surface area contributed by atoms with Crippen LogP contribution in [-0.4, -0.2) is 37.2 Å². The van der Waals surface area contributed by atoms with E-state index in [0.717, 1.165) is 128 Å². The lowest BCUT2D eigenvalue weighted by Crippen LogP contribution is -2.30. The summed E-state index contributed by atoms with van der Waals surface area (Å²) in [5.74, 6) is -0.897. The van der Waals surface area contributed by atoms with Crippen molar-refractivity contribution in [3.63, 3.8) is 0 Å². The molecule has 0 aliphatic carbocycles. The Hall–Kier alpha value is -4.19. The fraction of sp³-hybridized carbons (Fsp3) is 0.676. The zero-order chi connectivity index (χ0) is 55.7. The normalized spacial score (nSPS) is 12.9. The summed E-state index contributed by atoms with van der Waals surface area (Å²) in [5.41, 5.74) is 0. The lowest BCUT2D eigenvalue weighted by Gasteiger charge is -2.18. The monoisotopic (exact) mass is 1070 g/mol. The van der Waals surface area contributed by atoms with Gasteiger partial charge in [-0.1, -0.05) is 284 Å². The Morgan fingerprint density at radius 3 is 0.792 bits per heavy atom. The molecule has 0 rings (SSSR count). The fourth-order valence-corrected chi connectivity index (χ4v) is 8.73. The maximum Gasteiger partial charge on any atom is 0.306 e. The number of hydrogen-bond acceptors (Lipinski definition) is 6. The highest BCUT2D eigenvalue weighted by atomic mass is 16.6. The Morgan fingerprint density at radius 1 is 0.273 bits per heavy atom. The first kappa shape index (κ1) is 72.8. The van der Waals surface area contributed by atoms with Crippen LogP contribution < -0.4 is 0 Å². The van der Waals surface area contributed by atoms with Crippen molar-refractivity contribution in [1.29, 1.82) is 0 Å². The van der Waals surface area contributed by atoms with E-state index in [1.165, 1.54) is 122 Å². The highest BCUT2D eigenvalue weighted by Crippen LogP contribution is 2.16. The van der Waals surface area contributed by atoms with Crippen LogP contribution in [0, 0.1) is 0 Å². The second kappa shape index (κ2) is 64.3. The molecule has 0 saturated carbocycles. The van der Waals surface area contributed by atoms with Crippen LogP contribution in [-0.2, 0) is 28.6 Å². The summed E-state index contributed by atoms with van der Waals surface area (Å²) in [6, 6.07) is 0. The number of unbranched alkanes of at least 4 members (excludes halogenated alkanes) is 26. The third-order valence-electron chi connectivity index (χ3n) is 13.5. The molecule has 0 heterocycles. The molecule has 6 nitrogen and oxygen atoms in total. The van der Waals surface area contributed by atoms with E-state index >= 15 is 0 Å². The van der Waals surface area contributed by atoms with Crippen molar-refractivity contribution < 1.29 is 28.6 Å². The minimum absolute atomic E-state index is 0.0810. The van der Waals surface area contributed by atoms with Crippen molar-refractivity contribution in [3.05, 3.63) is 122 Å². The molecular weight excluding hydrogens is 949 g/mol. The molecule has 1 atom stereocenters. The second-order valence-electron chi connectivity index (χ2n) is 20.9. The van der Waals surface area contributed by atoms with Gasteiger partial charge in [0.05, 0.1) is 0 Å². The van der Waals surface area contributed by atoms with E-state index < -0.39 is 6.10 Å². The van der Waals surface area contributed by atoms with E-state index in [-0.39, 0.29) is 31.1 Å². The Bertz CT molecular complexity index is 1600. The van der Waals surface area contributed by atoms with Crippen LogP contribution in [0.4, 0.5) is 0 Å². The number of hydrogen-bond donors (Lipinski definition) is 0. The van der Waals surface area contributed by atoms with Gasteiger partial charge in [0.15, 0.2) is 6.10 Å². The number of rotatable bonds is 57. The van der Waals surface area contributed by atoms with Gasteiger partial charge in [-0.15, -0.1) is 0 Å². The second-order valence-corrected chi connectivity index (χ2v) is 20.9. The molecule has 0 spiro atoms. The predicted molar refractivity (Wildman–Crippen MR) is 334 cm³/mol. The van der Waals surface area contributed by atoms with Gasteiger partial charge in [0.2, 0.25) is 0 Å². The van der Waals surface area contributed by atoms with Crippen molar-refractivity contribution in [3.8, 4) is 0 Å². The van der Waals surface area contributed by atoms with Crippen molar-refractivity contribution >= 4 is 17.9 Å². The molecule has 438 valence electrons. The Morgan fingerprint density at radius 2 is 0.506 bits per heavy atom. The summed E-state index contributed by atoms with van der Waals surface area (Å²) in [4.78, 5) is 38.0. The summed E-state index contributed by atoms with van der Waals surface area (Å²) in [5, 5.41) is 0. The molecule has 0 N–H and O–H groups in total. The molecule has 0 radical (unpaired) electrons. The molecule has 77 heavy (non-hydrogen) atoms. The van der Waals surface area contributed by atoms with Crippen molar-refractivity contribution in [1.82, 2.24) is 0 Å². The fourth-order valence-electron chi connectivity index (χ4n) is 8.73. The molecule has 0 amide bonds. The first-order chi connectivity index (χ1) is 38.0. The van der Waals surface area contributed by atoms with Gasteiger partial charge in [-0.05, 0) is 109 Å². The summed E-state index contributed by atoms with van der Waals surface area (Å²) in [7, 11) is 0. The van der Waals surface area contributed by atoms with Gasteiger partial charge in [0.25, 0.3) is 0 Å². The Balaban J connectivity index is 4.06. The number of carbonyl (C=O) groups excluding carboxylic acids is 3. The number of esters is 3. The minimum atomic E-state index is -0.780. The zero-order valence-electron chi connectivity index (χ0n) is 50.2. The van der Waals surface area contributed by atoms with Crippen molar-refractivity contribution in [2.45, 2.75) is 297 Å².